The molecule has 1 aliphatic heterocycles. The smallest absolute Gasteiger partial charge is 0.195 e. The molecule has 2 aromatic heterocycles. The number of halogens is 1. The average Bonchev–Trinajstić information content (AvgIpc) is 2.97. The number of rotatable bonds is 2. The highest BCUT2D eigenvalue weighted by molar-refractivity contribution is 7.15. The van der Waals surface area contributed by atoms with Gasteiger partial charge in [-0.1, -0.05) is 6.42 Å². The van der Waals surface area contributed by atoms with Gasteiger partial charge in [-0.3, -0.25) is 4.40 Å². The fraction of sp³-hybridized carbons (Fsp3) is 0.643. The van der Waals surface area contributed by atoms with Gasteiger partial charge in [0.15, 0.2) is 10.8 Å². The van der Waals surface area contributed by atoms with E-state index in [1.54, 1.807) is 11.3 Å². The van der Waals surface area contributed by atoms with Gasteiger partial charge in [-0.05, 0) is 31.1 Å². The van der Waals surface area contributed by atoms with Crippen LogP contribution in [0.15, 0.2) is 11.6 Å². The second-order valence-corrected chi connectivity index (χ2v) is 7.02. The van der Waals surface area contributed by atoms with E-state index in [1.807, 2.05) is 0 Å². The molecule has 19 heavy (non-hydrogen) atoms. The van der Waals surface area contributed by atoms with Crippen LogP contribution in [-0.4, -0.2) is 22.5 Å². The Morgan fingerprint density at radius 2 is 2.11 bits per heavy atom. The zero-order chi connectivity index (χ0) is 12.8. The molecule has 3 heterocycles. The molecule has 0 N–H and O–H groups in total. The maximum atomic E-state index is 6.17. The van der Waals surface area contributed by atoms with Gasteiger partial charge in [0.25, 0.3) is 0 Å². The van der Waals surface area contributed by atoms with Gasteiger partial charge in [-0.2, -0.15) is 0 Å². The summed E-state index contributed by atoms with van der Waals surface area (Å²) in [5.74, 6) is 3.42. The minimum atomic E-state index is 0.541. The Labute approximate surface area is 122 Å². The highest BCUT2D eigenvalue weighted by Gasteiger charge is 2.32. The molecule has 3 nitrogen and oxygen atoms in total. The third kappa shape index (κ3) is 1.96. The van der Waals surface area contributed by atoms with Crippen molar-refractivity contribution in [2.45, 2.75) is 31.6 Å². The number of anilines is 1. The van der Waals surface area contributed by atoms with Crippen LogP contribution in [0.5, 0.6) is 0 Å². The van der Waals surface area contributed by atoms with Gasteiger partial charge in [-0.15, -0.1) is 22.9 Å². The van der Waals surface area contributed by atoms with Crippen molar-refractivity contribution in [1.82, 2.24) is 9.38 Å². The molecule has 1 saturated carbocycles. The summed E-state index contributed by atoms with van der Waals surface area (Å²) in [4.78, 5) is 8.38. The second-order valence-electron chi connectivity index (χ2n) is 5.87. The molecule has 0 radical (unpaired) electrons. The Balaban J connectivity index is 1.71. The van der Waals surface area contributed by atoms with E-state index in [0.717, 1.165) is 28.3 Å². The first-order chi connectivity index (χ1) is 9.35. The topological polar surface area (TPSA) is 20.5 Å². The van der Waals surface area contributed by atoms with Crippen molar-refractivity contribution >= 4 is 33.7 Å². The van der Waals surface area contributed by atoms with Gasteiger partial charge in [0.1, 0.15) is 0 Å². The first-order valence-corrected chi connectivity index (χ1v) is 8.52. The van der Waals surface area contributed by atoms with Crippen LogP contribution in [0.3, 0.4) is 0 Å². The molecule has 0 amide bonds. The Morgan fingerprint density at radius 1 is 1.32 bits per heavy atom. The third-order valence-electron chi connectivity index (χ3n) is 4.61. The van der Waals surface area contributed by atoms with Gasteiger partial charge in [-0.25, -0.2) is 4.98 Å². The van der Waals surface area contributed by atoms with E-state index >= 15 is 0 Å². The molecule has 2 atom stereocenters. The summed E-state index contributed by atoms with van der Waals surface area (Å²) in [6.07, 6.45) is 7.72. The molecular formula is C14H18ClN3S. The van der Waals surface area contributed by atoms with Crippen molar-refractivity contribution in [1.29, 1.82) is 0 Å². The summed E-state index contributed by atoms with van der Waals surface area (Å²) >= 11 is 7.86. The zero-order valence-corrected chi connectivity index (χ0v) is 12.5. The molecule has 0 aromatic carbocycles. The van der Waals surface area contributed by atoms with Crippen LogP contribution in [0.1, 0.15) is 31.4 Å². The molecule has 2 bridgehead atoms. The van der Waals surface area contributed by atoms with E-state index in [9.17, 15) is 0 Å². The monoisotopic (exact) mass is 295 g/mol. The number of aromatic nitrogens is 2. The van der Waals surface area contributed by atoms with E-state index in [1.165, 1.54) is 38.8 Å². The van der Waals surface area contributed by atoms with Crippen LogP contribution in [0.4, 0.5) is 5.82 Å². The van der Waals surface area contributed by atoms with Crippen molar-refractivity contribution < 1.29 is 0 Å². The lowest BCUT2D eigenvalue weighted by atomic mass is 9.78. The molecule has 4 rings (SSSR count). The number of piperidine rings is 1. The minimum absolute atomic E-state index is 0.541. The summed E-state index contributed by atoms with van der Waals surface area (Å²) in [6.45, 7) is 2.34. The van der Waals surface area contributed by atoms with Crippen molar-refractivity contribution in [2.75, 3.05) is 18.0 Å². The van der Waals surface area contributed by atoms with Gasteiger partial charge in [0, 0.05) is 24.7 Å². The summed E-state index contributed by atoms with van der Waals surface area (Å²) in [5.41, 5.74) is 1.16. The van der Waals surface area contributed by atoms with Gasteiger partial charge >= 0.3 is 0 Å². The van der Waals surface area contributed by atoms with Crippen LogP contribution in [0.2, 0.25) is 0 Å². The predicted octanol–water partition coefficient (Wildman–Crippen LogP) is 3.76. The Kier molecular flexibility index (Phi) is 2.96. The Morgan fingerprint density at radius 3 is 2.84 bits per heavy atom. The summed E-state index contributed by atoms with van der Waals surface area (Å²) in [6, 6.07) is 0. The van der Waals surface area contributed by atoms with E-state index < -0.39 is 0 Å². The van der Waals surface area contributed by atoms with Crippen molar-refractivity contribution in [3.63, 3.8) is 0 Å². The molecule has 2 unspecified atom stereocenters. The van der Waals surface area contributed by atoms with Gasteiger partial charge < -0.3 is 4.90 Å². The molecule has 1 saturated heterocycles. The van der Waals surface area contributed by atoms with Crippen LogP contribution >= 0.6 is 22.9 Å². The fourth-order valence-corrected chi connectivity index (χ4v) is 4.78. The first-order valence-electron chi connectivity index (χ1n) is 7.10. The lowest BCUT2D eigenvalue weighted by Gasteiger charge is -2.41. The Hall–Kier alpha value is -0.740. The standard InChI is InChI=1S/C14H18ClN3S/c15-7-12-13(16-14-18(12)4-5-19-14)17-8-10-2-1-3-11(6-10)9-17/h4-5,10-11H,1-3,6-9H2. The highest BCUT2D eigenvalue weighted by Crippen LogP contribution is 2.37. The van der Waals surface area contributed by atoms with Crippen molar-refractivity contribution in [3.05, 3.63) is 17.3 Å². The summed E-state index contributed by atoms with van der Waals surface area (Å²) < 4.78 is 2.15. The molecule has 2 aliphatic rings. The average molecular weight is 296 g/mol. The van der Waals surface area contributed by atoms with E-state index in [4.69, 9.17) is 16.6 Å². The first kappa shape index (κ1) is 12.0. The minimum Gasteiger partial charge on any atom is -0.354 e. The number of hydrogen-bond donors (Lipinski definition) is 0. The van der Waals surface area contributed by atoms with Crippen molar-refractivity contribution in [2.24, 2.45) is 11.8 Å². The Bertz CT molecular complexity index is 579. The number of hydrogen-bond acceptors (Lipinski definition) is 3. The fourth-order valence-electron chi connectivity index (χ4n) is 3.80. The van der Waals surface area contributed by atoms with E-state index in [-0.39, 0.29) is 0 Å². The largest absolute Gasteiger partial charge is 0.354 e. The zero-order valence-electron chi connectivity index (χ0n) is 10.9. The maximum Gasteiger partial charge on any atom is 0.195 e. The SMILES string of the molecule is ClCc1c(N2CC3CCCC(C3)C2)nc2sccn12. The van der Waals surface area contributed by atoms with Crippen LogP contribution < -0.4 is 4.90 Å². The number of nitrogens with zero attached hydrogens (tertiary/aromatic N) is 3. The summed E-state index contributed by atoms with van der Waals surface area (Å²) in [7, 11) is 0. The molecule has 2 fully saturated rings. The lowest BCUT2D eigenvalue weighted by Crippen LogP contribution is -2.43. The van der Waals surface area contributed by atoms with E-state index in [2.05, 4.69) is 20.9 Å². The van der Waals surface area contributed by atoms with Gasteiger partial charge in [0.2, 0.25) is 0 Å². The third-order valence-corrected chi connectivity index (χ3v) is 5.62. The maximum absolute atomic E-state index is 6.17. The van der Waals surface area contributed by atoms with Crippen LogP contribution in [0, 0.1) is 11.8 Å². The molecule has 0 spiro atoms. The normalized spacial score (nSPS) is 27.1. The highest BCUT2D eigenvalue weighted by atomic mass is 35.5. The molecule has 102 valence electrons. The molecular weight excluding hydrogens is 278 g/mol. The van der Waals surface area contributed by atoms with Crippen LogP contribution in [0.25, 0.3) is 4.96 Å². The summed E-state index contributed by atoms with van der Waals surface area (Å²) in [5, 5.41) is 2.08. The number of thiazole rings is 1. The predicted molar refractivity (Wildman–Crippen MR) is 80.3 cm³/mol. The molecule has 1 aliphatic carbocycles. The molecule has 2 aromatic rings. The number of imidazole rings is 1. The van der Waals surface area contributed by atoms with E-state index in [0.29, 0.717) is 5.88 Å². The van der Waals surface area contributed by atoms with Crippen molar-refractivity contribution in [3.8, 4) is 0 Å². The number of alkyl halides is 1. The second kappa shape index (κ2) is 4.67. The van der Waals surface area contributed by atoms with Gasteiger partial charge in [0.05, 0.1) is 11.6 Å². The molecule has 5 heteroatoms. The van der Waals surface area contributed by atoms with Crippen LogP contribution in [-0.2, 0) is 5.88 Å². The quantitative estimate of drug-likeness (QED) is 0.786. The lowest BCUT2D eigenvalue weighted by molar-refractivity contribution is 0.230. The number of fused-ring (bicyclic) bond motifs is 3.